The molecule has 1 aliphatic rings. The van der Waals surface area contributed by atoms with Gasteiger partial charge in [0.1, 0.15) is 0 Å². The summed E-state index contributed by atoms with van der Waals surface area (Å²) in [6.45, 7) is 1.65. The first kappa shape index (κ1) is 21.3. The van der Waals surface area contributed by atoms with Crippen molar-refractivity contribution in [1.29, 1.82) is 0 Å². The summed E-state index contributed by atoms with van der Waals surface area (Å²) in [4.78, 5) is 17.3. The number of guanidine groups is 1. The molecule has 7 nitrogen and oxygen atoms in total. The van der Waals surface area contributed by atoms with E-state index in [1.165, 1.54) is 19.2 Å². The molecular weight excluding hydrogens is 442 g/mol. The molecule has 0 atom stereocenters. The number of piperidine rings is 1. The molecule has 2 rings (SSSR count). The minimum absolute atomic E-state index is 0. The average molecular weight is 466 g/mol. The van der Waals surface area contributed by atoms with Crippen LogP contribution in [-0.2, 0) is 11.3 Å². The molecule has 0 aliphatic carbocycles. The van der Waals surface area contributed by atoms with Gasteiger partial charge in [0.25, 0.3) is 0 Å². The Bertz CT molecular complexity index is 607. The Morgan fingerprint density at radius 2 is 2.12 bits per heavy atom. The Labute approximate surface area is 163 Å². The minimum atomic E-state index is -0.646. The van der Waals surface area contributed by atoms with Gasteiger partial charge in [0, 0.05) is 32.7 Å². The van der Waals surface area contributed by atoms with Crippen LogP contribution >= 0.6 is 24.0 Å². The summed E-state index contributed by atoms with van der Waals surface area (Å²) in [5.74, 6) is -0.397. The molecule has 1 saturated heterocycles. The second-order valence-corrected chi connectivity index (χ2v) is 5.59. The van der Waals surface area contributed by atoms with Gasteiger partial charge in [-0.1, -0.05) is 6.07 Å². The number of rotatable bonds is 3. The van der Waals surface area contributed by atoms with Crippen molar-refractivity contribution in [3.05, 3.63) is 29.6 Å². The Kier molecular flexibility index (Phi) is 8.73. The topological polar surface area (TPSA) is 86.2 Å². The number of methoxy groups -OCH3 is 1. The van der Waals surface area contributed by atoms with Crippen LogP contribution in [0.3, 0.4) is 0 Å². The van der Waals surface area contributed by atoms with Crippen LogP contribution in [-0.4, -0.2) is 55.3 Å². The van der Waals surface area contributed by atoms with Crippen molar-refractivity contribution in [1.82, 2.24) is 15.5 Å². The molecule has 1 fully saturated rings. The first-order valence-corrected chi connectivity index (χ1v) is 7.81. The average Bonchev–Trinajstić information content (AvgIpc) is 2.61. The summed E-state index contributed by atoms with van der Waals surface area (Å²) in [7, 11) is 3.04. The molecule has 25 heavy (non-hydrogen) atoms. The zero-order chi connectivity index (χ0) is 17.5. The maximum atomic E-state index is 13.3. The van der Waals surface area contributed by atoms with Crippen molar-refractivity contribution < 1.29 is 19.0 Å². The lowest BCUT2D eigenvalue weighted by molar-refractivity contribution is 0.111. The zero-order valence-corrected chi connectivity index (χ0v) is 16.6. The molecule has 0 saturated carbocycles. The number of likely N-dealkylation sites (tertiary alicyclic amines) is 1. The van der Waals surface area contributed by atoms with Gasteiger partial charge in [-0.3, -0.25) is 4.99 Å². The minimum Gasteiger partial charge on any atom is -0.505 e. The van der Waals surface area contributed by atoms with Crippen LogP contribution in [0.25, 0.3) is 0 Å². The van der Waals surface area contributed by atoms with Gasteiger partial charge >= 0.3 is 6.09 Å². The normalized spacial score (nSPS) is 15.3. The van der Waals surface area contributed by atoms with Crippen molar-refractivity contribution >= 4 is 36.0 Å². The number of phenolic OH excluding ortho intramolecular Hbond substituents is 1. The SMILES string of the molecule is CN=C(NCc1ccc(O)c(F)c1)NC1CCN(C(=O)OC)CC1.I. The van der Waals surface area contributed by atoms with Crippen molar-refractivity contribution in [2.24, 2.45) is 4.99 Å². The molecule has 3 N–H and O–H groups in total. The number of hydrogen-bond acceptors (Lipinski definition) is 4. The molecule has 0 radical (unpaired) electrons. The Morgan fingerprint density at radius 1 is 1.44 bits per heavy atom. The molecule has 0 spiro atoms. The molecule has 9 heteroatoms. The Morgan fingerprint density at radius 3 is 2.68 bits per heavy atom. The number of nitrogens with zero attached hydrogens (tertiary/aromatic N) is 2. The fourth-order valence-corrected chi connectivity index (χ4v) is 2.57. The predicted octanol–water partition coefficient (Wildman–Crippen LogP) is 2.05. The van der Waals surface area contributed by atoms with Crippen LogP contribution < -0.4 is 10.6 Å². The molecule has 1 aromatic rings. The largest absolute Gasteiger partial charge is 0.505 e. The highest BCUT2D eigenvalue weighted by atomic mass is 127. The predicted molar refractivity (Wildman–Crippen MR) is 104 cm³/mol. The van der Waals surface area contributed by atoms with Crippen LogP contribution in [0.1, 0.15) is 18.4 Å². The van der Waals surface area contributed by atoms with Gasteiger partial charge < -0.3 is 25.4 Å². The molecule has 0 aromatic heterocycles. The number of aromatic hydroxyl groups is 1. The van der Waals surface area contributed by atoms with Crippen LogP contribution in [0.15, 0.2) is 23.2 Å². The summed E-state index contributed by atoms with van der Waals surface area (Å²) in [5, 5.41) is 15.6. The van der Waals surface area contributed by atoms with Crippen LogP contribution in [0.2, 0.25) is 0 Å². The number of carbonyl (C=O) groups excluding carboxylic acids is 1. The van der Waals surface area contributed by atoms with Crippen molar-refractivity contribution in [2.75, 3.05) is 27.2 Å². The molecular formula is C16H24FIN4O3. The quantitative estimate of drug-likeness (QED) is 0.361. The number of phenols is 1. The van der Waals surface area contributed by atoms with Crippen LogP contribution in [0, 0.1) is 5.82 Å². The van der Waals surface area contributed by atoms with E-state index >= 15 is 0 Å². The van der Waals surface area contributed by atoms with Crippen LogP contribution in [0.5, 0.6) is 5.75 Å². The number of halogens is 2. The second-order valence-electron chi connectivity index (χ2n) is 5.59. The van der Waals surface area contributed by atoms with Gasteiger partial charge in [0.05, 0.1) is 7.11 Å². The van der Waals surface area contributed by atoms with Gasteiger partial charge in [0.15, 0.2) is 17.5 Å². The highest BCUT2D eigenvalue weighted by molar-refractivity contribution is 14.0. The summed E-state index contributed by atoms with van der Waals surface area (Å²) in [6, 6.07) is 4.46. The first-order chi connectivity index (χ1) is 11.5. The smallest absolute Gasteiger partial charge is 0.409 e. The highest BCUT2D eigenvalue weighted by Crippen LogP contribution is 2.16. The van der Waals surface area contributed by atoms with Crippen molar-refractivity contribution in [2.45, 2.75) is 25.4 Å². The number of benzene rings is 1. The lowest BCUT2D eigenvalue weighted by atomic mass is 10.1. The lowest BCUT2D eigenvalue weighted by Gasteiger charge is -2.32. The van der Waals surface area contributed by atoms with Gasteiger partial charge in [-0.05, 0) is 30.5 Å². The zero-order valence-electron chi connectivity index (χ0n) is 14.3. The van der Waals surface area contributed by atoms with Crippen LogP contribution in [0.4, 0.5) is 9.18 Å². The van der Waals surface area contributed by atoms with E-state index in [4.69, 9.17) is 4.74 Å². The Balaban J connectivity index is 0.00000312. The van der Waals surface area contributed by atoms with E-state index < -0.39 is 5.82 Å². The molecule has 1 aliphatic heterocycles. The number of carbonyl (C=O) groups is 1. The van der Waals surface area contributed by atoms with E-state index in [1.807, 2.05) is 0 Å². The standard InChI is InChI=1S/C16H23FN4O3.HI/c1-18-15(19-10-11-3-4-14(22)13(17)9-11)20-12-5-7-21(8-6-12)16(23)24-2;/h3-4,9,12,22H,5-8,10H2,1-2H3,(H2,18,19,20);1H. The number of amides is 1. The maximum Gasteiger partial charge on any atom is 0.409 e. The molecule has 0 unspecified atom stereocenters. The third-order valence-corrected chi connectivity index (χ3v) is 3.96. The van der Waals surface area contributed by atoms with E-state index in [9.17, 15) is 14.3 Å². The molecule has 1 heterocycles. The highest BCUT2D eigenvalue weighted by Gasteiger charge is 2.23. The monoisotopic (exact) mass is 466 g/mol. The fraction of sp³-hybridized carbons (Fsp3) is 0.500. The number of aliphatic imine (C=N–C) groups is 1. The van der Waals surface area contributed by atoms with Gasteiger partial charge in [-0.15, -0.1) is 24.0 Å². The van der Waals surface area contributed by atoms with E-state index in [0.29, 0.717) is 31.2 Å². The maximum absolute atomic E-state index is 13.3. The van der Waals surface area contributed by atoms with Gasteiger partial charge in [0.2, 0.25) is 0 Å². The third kappa shape index (κ3) is 6.22. The molecule has 1 aromatic carbocycles. The molecule has 1 amide bonds. The second kappa shape index (κ2) is 10.3. The molecule has 140 valence electrons. The van der Waals surface area contributed by atoms with E-state index in [2.05, 4.69) is 15.6 Å². The van der Waals surface area contributed by atoms with Crippen molar-refractivity contribution in [3.8, 4) is 5.75 Å². The van der Waals surface area contributed by atoms with Crippen molar-refractivity contribution in [3.63, 3.8) is 0 Å². The van der Waals surface area contributed by atoms with E-state index in [0.717, 1.165) is 12.8 Å². The summed E-state index contributed by atoms with van der Waals surface area (Å²) in [6.07, 6.45) is 1.29. The summed E-state index contributed by atoms with van der Waals surface area (Å²) >= 11 is 0. The fourth-order valence-electron chi connectivity index (χ4n) is 2.57. The van der Waals surface area contributed by atoms with E-state index in [-0.39, 0.29) is 41.9 Å². The third-order valence-electron chi connectivity index (χ3n) is 3.96. The number of ether oxygens (including phenoxy) is 1. The first-order valence-electron chi connectivity index (χ1n) is 7.81. The Hall–Kier alpha value is -1.78. The number of hydrogen-bond donors (Lipinski definition) is 3. The van der Waals surface area contributed by atoms with Gasteiger partial charge in [-0.2, -0.15) is 0 Å². The molecule has 0 bridgehead atoms. The number of nitrogens with one attached hydrogen (secondary N) is 2. The summed E-state index contributed by atoms with van der Waals surface area (Å²) in [5.41, 5.74) is 0.703. The lowest BCUT2D eigenvalue weighted by Crippen LogP contribution is -2.49. The van der Waals surface area contributed by atoms with Gasteiger partial charge in [-0.25, -0.2) is 9.18 Å². The summed E-state index contributed by atoms with van der Waals surface area (Å²) < 4.78 is 18.0. The van der Waals surface area contributed by atoms with E-state index in [1.54, 1.807) is 18.0 Å².